The fourth-order valence-corrected chi connectivity index (χ4v) is 4.68. The molecule has 1 aromatic carbocycles. The Morgan fingerprint density at radius 2 is 1.79 bits per heavy atom. The zero-order chi connectivity index (χ0) is 26.2. The number of urea groups is 1. The molecule has 3 aromatic rings. The van der Waals surface area contributed by atoms with E-state index >= 15 is 0 Å². The van der Waals surface area contributed by atoms with Gasteiger partial charge in [-0.15, -0.1) is 0 Å². The van der Waals surface area contributed by atoms with Crippen molar-refractivity contribution in [1.29, 1.82) is 0 Å². The van der Waals surface area contributed by atoms with Gasteiger partial charge < -0.3 is 36.4 Å². The highest BCUT2D eigenvalue weighted by Gasteiger charge is 2.40. The summed E-state index contributed by atoms with van der Waals surface area (Å²) in [5, 5.41) is 15.8. The van der Waals surface area contributed by atoms with Crippen LogP contribution in [-0.2, 0) is 4.79 Å². The fourth-order valence-electron chi connectivity index (χ4n) is 4.68. The first kappa shape index (κ1) is 23.7. The molecule has 2 saturated heterocycles. The second kappa shape index (κ2) is 9.67. The lowest BCUT2D eigenvalue weighted by atomic mass is 9.95. The van der Waals surface area contributed by atoms with Crippen LogP contribution in [0.25, 0.3) is 16.7 Å². The number of aromatic nitrogens is 2. The molecule has 11 heteroatoms. The molecular formula is C27H29N9O2. The summed E-state index contributed by atoms with van der Waals surface area (Å²) in [6, 6.07) is 11.4. The standard InChI is InChI=1S/C27H29N9O2/c1-35(2)27(38)32-19-11-17(13-29-14-19)16-3-5-21-20(12-16)23(24-25(33-21)34-24)26(37)31-18-4-6-22(30-15-18)36-9-7-28-8-10-36/h3-6,11-15,25,28,33-34H,7-10H2,1-2H3,(H,31,37)(H,32,38). The van der Waals surface area contributed by atoms with Crippen LogP contribution >= 0.6 is 0 Å². The average Bonchev–Trinajstić information content (AvgIpc) is 3.71. The minimum Gasteiger partial charge on any atom is -0.360 e. The lowest BCUT2D eigenvalue weighted by Crippen LogP contribution is -2.43. The predicted molar refractivity (Wildman–Crippen MR) is 148 cm³/mol. The lowest BCUT2D eigenvalue weighted by Gasteiger charge is -2.28. The van der Waals surface area contributed by atoms with Crippen LogP contribution in [0.1, 0.15) is 5.56 Å². The number of fused-ring (bicyclic) bond motifs is 2. The highest BCUT2D eigenvalue weighted by atomic mass is 16.2. The molecule has 0 spiro atoms. The van der Waals surface area contributed by atoms with E-state index in [2.05, 4.69) is 41.5 Å². The third kappa shape index (κ3) is 4.71. The Balaban J connectivity index is 1.24. The molecule has 5 N–H and O–H groups in total. The van der Waals surface area contributed by atoms with Crippen molar-refractivity contribution in [3.8, 4) is 11.1 Å². The second-order valence-electron chi connectivity index (χ2n) is 9.65. The average molecular weight is 512 g/mol. The SMILES string of the molecule is CN(C)C(=O)Nc1cncc(-c2ccc3c(c2)C(C(=O)Nc2ccc(N4CCNCC4)nc2)=C2NC2N3)c1. The number of pyridine rings is 2. The Labute approximate surface area is 220 Å². The Morgan fingerprint density at radius 1 is 0.947 bits per heavy atom. The van der Waals surface area contributed by atoms with Gasteiger partial charge in [0, 0.05) is 63.3 Å². The molecule has 6 rings (SSSR count). The van der Waals surface area contributed by atoms with Crippen molar-refractivity contribution in [2.45, 2.75) is 6.17 Å². The molecule has 3 aliphatic rings. The van der Waals surface area contributed by atoms with E-state index in [0.717, 1.165) is 60.1 Å². The third-order valence-corrected chi connectivity index (χ3v) is 6.77. The van der Waals surface area contributed by atoms with Gasteiger partial charge in [0.1, 0.15) is 12.0 Å². The first-order valence-electron chi connectivity index (χ1n) is 12.5. The Bertz CT molecular complexity index is 1430. The largest absolute Gasteiger partial charge is 0.360 e. The van der Waals surface area contributed by atoms with Crippen LogP contribution < -0.4 is 31.5 Å². The van der Waals surface area contributed by atoms with Crippen molar-refractivity contribution in [2.24, 2.45) is 0 Å². The maximum atomic E-state index is 13.5. The molecule has 0 radical (unpaired) electrons. The number of amides is 3. The van der Waals surface area contributed by atoms with Gasteiger partial charge in [0.15, 0.2) is 0 Å². The Kier molecular flexibility index (Phi) is 6.04. The molecule has 2 fully saturated rings. The maximum Gasteiger partial charge on any atom is 0.321 e. The summed E-state index contributed by atoms with van der Waals surface area (Å²) >= 11 is 0. The molecular weight excluding hydrogens is 482 g/mol. The highest BCUT2D eigenvalue weighted by Crippen LogP contribution is 2.41. The van der Waals surface area contributed by atoms with Crippen molar-refractivity contribution >= 4 is 40.4 Å². The molecule has 1 atom stereocenters. The summed E-state index contributed by atoms with van der Waals surface area (Å²) in [7, 11) is 3.36. The van der Waals surface area contributed by atoms with Crippen molar-refractivity contribution in [3.63, 3.8) is 0 Å². The van der Waals surface area contributed by atoms with Gasteiger partial charge >= 0.3 is 6.03 Å². The molecule has 3 aliphatic heterocycles. The lowest BCUT2D eigenvalue weighted by molar-refractivity contribution is -0.111. The Morgan fingerprint density at radius 3 is 2.55 bits per heavy atom. The van der Waals surface area contributed by atoms with Crippen molar-refractivity contribution < 1.29 is 9.59 Å². The molecule has 1 unspecified atom stereocenters. The van der Waals surface area contributed by atoms with Gasteiger partial charge in [-0.05, 0) is 35.9 Å². The molecule has 194 valence electrons. The number of nitrogens with zero attached hydrogens (tertiary/aromatic N) is 4. The van der Waals surface area contributed by atoms with E-state index in [0.29, 0.717) is 16.9 Å². The molecule has 3 amide bonds. The normalized spacial score (nSPS) is 17.4. The van der Waals surface area contributed by atoms with Crippen LogP contribution in [0.2, 0.25) is 0 Å². The van der Waals surface area contributed by atoms with Gasteiger partial charge in [0.2, 0.25) is 0 Å². The fraction of sp³-hybridized carbons (Fsp3) is 0.259. The number of anilines is 4. The summed E-state index contributed by atoms with van der Waals surface area (Å²) in [5.41, 5.74) is 6.07. The molecule has 0 bridgehead atoms. The predicted octanol–water partition coefficient (Wildman–Crippen LogP) is 2.35. The number of carbonyl (C=O) groups excluding carboxylic acids is 2. The number of hydrogen-bond donors (Lipinski definition) is 5. The van der Waals surface area contributed by atoms with E-state index in [1.807, 2.05) is 36.4 Å². The second-order valence-corrected chi connectivity index (χ2v) is 9.65. The number of piperazine rings is 1. The molecule has 38 heavy (non-hydrogen) atoms. The van der Waals surface area contributed by atoms with Gasteiger partial charge in [-0.2, -0.15) is 0 Å². The summed E-state index contributed by atoms with van der Waals surface area (Å²) in [5.74, 6) is 0.710. The van der Waals surface area contributed by atoms with E-state index < -0.39 is 0 Å². The van der Waals surface area contributed by atoms with Gasteiger partial charge in [-0.3, -0.25) is 9.78 Å². The van der Waals surface area contributed by atoms with E-state index in [1.165, 1.54) is 4.90 Å². The topological polar surface area (TPSA) is 136 Å². The monoisotopic (exact) mass is 511 g/mol. The van der Waals surface area contributed by atoms with E-state index in [4.69, 9.17) is 0 Å². The summed E-state index contributed by atoms with van der Waals surface area (Å²) in [6.45, 7) is 3.70. The van der Waals surface area contributed by atoms with Crippen molar-refractivity contribution in [3.05, 3.63) is 66.2 Å². The summed E-state index contributed by atoms with van der Waals surface area (Å²) in [4.78, 5) is 38.1. The summed E-state index contributed by atoms with van der Waals surface area (Å²) < 4.78 is 0. The first-order chi connectivity index (χ1) is 18.5. The number of benzene rings is 1. The van der Waals surface area contributed by atoms with E-state index in [9.17, 15) is 9.59 Å². The third-order valence-electron chi connectivity index (χ3n) is 6.77. The van der Waals surface area contributed by atoms with Gasteiger partial charge in [0.05, 0.1) is 35.0 Å². The number of rotatable bonds is 5. The van der Waals surface area contributed by atoms with E-state index in [-0.39, 0.29) is 18.1 Å². The quantitative estimate of drug-likeness (QED) is 0.329. The molecule has 0 aliphatic carbocycles. The number of carbonyl (C=O) groups is 2. The first-order valence-corrected chi connectivity index (χ1v) is 12.5. The molecule has 0 saturated carbocycles. The Hall–Kier alpha value is -4.64. The minimum atomic E-state index is -0.233. The van der Waals surface area contributed by atoms with Gasteiger partial charge in [-0.25, -0.2) is 9.78 Å². The van der Waals surface area contributed by atoms with Crippen LogP contribution in [0, 0.1) is 0 Å². The van der Waals surface area contributed by atoms with Gasteiger partial charge in [-0.1, -0.05) is 6.07 Å². The number of nitrogens with one attached hydrogen (secondary N) is 5. The zero-order valence-corrected chi connectivity index (χ0v) is 21.2. The van der Waals surface area contributed by atoms with Crippen LogP contribution in [0.15, 0.2) is 60.7 Å². The van der Waals surface area contributed by atoms with Crippen molar-refractivity contribution in [2.75, 3.05) is 61.1 Å². The molecule has 11 nitrogen and oxygen atoms in total. The maximum absolute atomic E-state index is 13.5. The van der Waals surface area contributed by atoms with Crippen LogP contribution in [0.5, 0.6) is 0 Å². The van der Waals surface area contributed by atoms with Crippen LogP contribution in [0.4, 0.5) is 27.7 Å². The van der Waals surface area contributed by atoms with Crippen LogP contribution in [-0.4, -0.2) is 73.2 Å². The minimum absolute atomic E-state index is 0.0476. The highest BCUT2D eigenvalue weighted by molar-refractivity contribution is 6.28. The zero-order valence-electron chi connectivity index (χ0n) is 21.2. The van der Waals surface area contributed by atoms with Gasteiger partial charge in [0.25, 0.3) is 5.91 Å². The van der Waals surface area contributed by atoms with Crippen molar-refractivity contribution in [1.82, 2.24) is 25.5 Å². The van der Waals surface area contributed by atoms with E-state index in [1.54, 1.807) is 32.7 Å². The van der Waals surface area contributed by atoms with Crippen LogP contribution in [0.3, 0.4) is 0 Å². The summed E-state index contributed by atoms with van der Waals surface area (Å²) in [6.07, 6.45) is 5.00. The molecule has 2 aromatic heterocycles. The smallest absolute Gasteiger partial charge is 0.321 e. The molecule has 5 heterocycles. The number of hydrogen-bond acceptors (Lipinski definition) is 8.